The Morgan fingerprint density at radius 1 is 1.21 bits per heavy atom. The first kappa shape index (κ1) is 7.55. The lowest BCUT2D eigenvalue weighted by molar-refractivity contribution is 0.445. The van der Waals surface area contributed by atoms with E-state index in [-0.39, 0.29) is 5.88 Å². The topological polar surface area (TPSA) is 50.9 Å². The Bertz CT molecular complexity index is 490. The minimum Gasteiger partial charge on any atom is -0.491 e. The van der Waals surface area contributed by atoms with E-state index < -0.39 is 0 Å². The highest BCUT2D eigenvalue weighted by Crippen LogP contribution is 2.26. The second-order valence-electron chi connectivity index (χ2n) is 3.40. The van der Waals surface area contributed by atoms with Crippen molar-refractivity contribution in [3.63, 3.8) is 0 Å². The molecule has 1 aromatic heterocycles. The zero-order valence-corrected chi connectivity index (χ0v) is 7.51. The van der Waals surface area contributed by atoms with Crippen LogP contribution in [-0.4, -0.2) is 20.1 Å². The lowest BCUT2D eigenvalue weighted by Crippen LogP contribution is -2.12. The Hall–Kier alpha value is -1.84. The number of aryl methyl sites for hydroxylation is 1. The number of benzene rings is 1. The number of hydrogen-bond acceptors (Lipinski definition) is 3. The van der Waals surface area contributed by atoms with Crippen LogP contribution in [0.1, 0.15) is 11.3 Å². The molecule has 14 heavy (non-hydrogen) atoms. The van der Waals surface area contributed by atoms with E-state index in [0.717, 1.165) is 24.2 Å². The van der Waals surface area contributed by atoms with Gasteiger partial charge in [-0.25, -0.2) is 4.68 Å². The van der Waals surface area contributed by atoms with Gasteiger partial charge in [-0.1, -0.05) is 28.5 Å². The van der Waals surface area contributed by atoms with Gasteiger partial charge in [0.25, 0.3) is 5.88 Å². The highest BCUT2D eigenvalue weighted by atomic mass is 16.3. The highest BCUT2D eigenvalue weighted by Gasteiger charge is 2.20. The minimum absolute atomic E-state index is 0.0551. The van der Waals surface area contributed by atoms with Crippen molar-refractivity contribution < 1.29 is 5.11 Å². The van der Waals surface area contributed by atoms with Crippen LogP contribution in [0.4, 0.5) is 0 Å². The summed E-state index contributed by atoms with van der Waals surface area (Å²) in [5.41, 5.74) is 3.09. The number of nitrogens with zero attached hydrogens (tertiary/aromatic N) is 3. The molecule has 0 radical (unpaired) electrons. The van der Waals surface area contributed by atoms with E-state index in [1.807, 2.05) is 18.2 Å². The van der Waals surface area contributed by atoms with E-state index in [9.17, 15) is 5.11 Å². The van der Waals surface area contributed by atoms with E-state index in [1.54, 1.807) is 4.68 Å². The fourth-order valence-electron chi connectivity index (χ4n) is 1.89. The molecule has 0 aliphatic carbocycles. The number of aromatic hydroxyl groups is 1. The third-order valence-electron chi connectivity index (χ3n) is 2.59. The summed E-state index contributed by atoms with van der Waals surface area (Å²) in [6.07, 6.45) is 1.74. The van der Waals surface area contributed by atoms with Crippen molar-refractivity contribution in [2.75, 3.05) is 0 Å². The van der Waals surface area contributed by atoms with Crippen LogP contribution in [0.5, 0.6) is 5.88 Å². The van der Waals surface area contributed by atoms with Gasteiger partial charge < -0.3 is 5.11 Å². The smallest absolute Gasteiger partial charge is 0.254 e. The third-order valence-corrected chi connectivity index (χ3v) is 2.59. The molecular formula is C10H9N3O. The van der Waals surface area contributed by atoms with Crippen molar-refractivity contribution in [2.24, 2.45) is 0 Å². The third kappa shape index (κ3) is 0.878. The van der Waals surface area contributed by atoms with E-state index in [1.165, 1.54) is 5.56 Å². The van der Waals surface area contributed by atoms with Crippen molar-refractivity contribution in [3.8, 4) is 11.6 Å². The van der Waals surface area contributed by atoms with Gasteiger partial charge in [-0.15, -0.1) is 0 Å². The van der Waals surface area contributed by atoms with Crippen LogP contribution in [0, 0.1) is 0 Å². The SMILES string of the molecule is Oc1nnn2c1CCc1ccccc1-2. The molecule has 70 valence electrons. The summed E-state index contributed by atoms with van der Waals surface area (Å²) in [4.78, 5) is 0. The largest absolute Gasteiger partial charge is 0.491 e. The molecule has 2 aromatic rings. The molecule has 0 bridgehead atoms. The van der Waals surface area contributed by atoms with Crippen molar-refractivity contribution >= 4 is 0 Å². The van der Waals surface area contributed by atoms with Crippen LogP contribution < -0.4 is 0 Å². The molecule has 0 unspecified atom stereocenters. The Kier molecular flexibility index (Phi) is 1.39. The number of aromatic nitrogens is 3. The molecule has 1 aliphatic heterocycles. The van der Waals surface area contributed by atoms with Crippen LogP contribution in [0.2, 0.25) is 0 Å². The van der Waals surface area contributed by atoms with E-state index in [0.29, 0.717) is 0 Å². The molecule has 0 saturated heterocycles. The Morgan fingerprint density at radius 2 is 2.07 bits per heavy atom. The zero-order chi connectivity index (χ0) is 9.54. The molecule has 1 N–H and O–H groups in total. The van der Waals surface area contributed by atoms with E-state index >= 15 is 0 Å². The van der Waals surface area contributed by atoms with Crippen molar-refractivity contribution in [1.29, 1.82) is 0 Å². The zero-order valence-electron chi connectivity index (χ0n) is 7.51. The molecule has 0 saturated carbocycles. The maximum atomic E-state index is 9.43. The van der Waals surface area contributed by atoms with E-state index in [4.69, 9.17) is 0 Å². The van der Waals surface area contributed by atoms with E-state index in [2.05, 4.69) is 16.4 Å². The summed E-state index contributed by atoms with van der Waals surface area (Å²) in [5.74, 6) is 0.0551. The molecule has 2 heterocycles. The maximum Gasteiger partial charge on any atom is 0.254 e. The van der Waals surface area contributed by atoms with Gasteiger partial charge >= 0.3 is 0 Å². The molecule has 0 fully saturated rings. The van der Waals surface area contributed by atoms with Crippen molar-refractivity contribution in [2.45, 2.75) is 12.8 Å². The van der Waals surface area contributed by atoms with Gasteiger partial charge in [0.2, 0.25) is 0 Å². The molecule has 1 aliphatic rings. The average molecular weight is 187 g/mol. The molecule has 0 spiro atoms. The quantitative estimate of drug-likeness (QED) is 0.671. The Labute approximate surface area is 80.8 Å². The summed E-state index contributed by atoms with van der Waals surface area (Å²) in [6.45, 7) is 0. The minimum atomic E-state index is 0.0551. The molecule has 3 rings (SSSR count). The standard InChI is InChI=1S/C10H9N3O/c14-10-9-6-5-7-3-1-2-4-8(7)13(9)12-11-10/h1-4,14H,5-6H2. The molecule has 4 nitrogen and oxygen atoms in total. The highest BCUT2D eigenvalue weighted by molar-refractivity contribution is 5.45. The van der Waals surface area contributed by atoms with Gasteiger partial charge in [0.05, 0.1) is 5.69 Å². The monoisotopic (exact) mass is 187 g/mol. The second-order valence-corrected chi connectivity index (χ2v) is 3.40. The predicted molar refractivity (Wildman–Crippen MR) is 50.4 cm³/mol. The molecular weight excluding hydrogens is 178 g/mol. The van der Waals surface area contributed by atoms with Gasteiger partial charge in [-0.3, -0.25) is 0 Å². The number of para-hydroxylation sites is 1. The predicted octanol–water partition coefficient (Wildman–Crippen LogP) is 1.07. The summed E-state index contributed by atoms with van der Waals surface area (Å²) in [6, 6.07) is 8.05. The second kappa shape index (κ2) is 2.57. The van der Waals surface area contributed by atoms with Crippen LogP contribution in [0.15, 0.2) is 24.3 Å². The molecule has 4 heteroatoms. The summed E-state index contributed by atoms with van der Waals surface area (Å²) in [7, 11) is 0. The summed E-state index contributed by atoms with van der Waals surface area (Å²) < 4.78 is 1.72. The van der Waals surface area contributed by atoms with Gasteiger partial charge in [-0.2, -0.15) is 0 Å². The average Bonchev–Trinajstić information content (AvgIpc) is 2.61. The fraction of sp³-hybridized carbons (Fsp3) is 0.200. The normalized spacial score (nSPS) is 13.4. The first-order valence-electron chi connectivity index (χ1n) is 4.58. The van der Waals surface area contributed by atoms with Crippen LogP contribution in [-0.2, 0) is 12.8 Å². The summed E-state index contributed by atoms with van der Waals surface area (Å²) >= 11 is 0. The van der Waals surface area contributed by atoms with Crippen LogP contribution in [0.25, 0.3) is 5.69 Å². The van der Waals surface area contributed by atoms with Crippen LogP contribution in [0.3, 0.4) is 0 Å². The first-order chi connectivity index (χ1) is 6.86. The van der Waals surface area contributed by atoms with Crippen LogP contribution >= 0.6 is 0 Å². The number of fused-ring (bicyclic) bond motifs is 3. The lowest BCUT2D eigenvalue weighted by Gasteiger charge is -2.16. The van der Waals surface area contributed by atoms with Gasteiger partial charge in [0, 0.05) is 0 Å². The molecule has 0 amide bonds. The van der Waals surface area contributed by atoms with Gasteiger partial charge in [0.1, 0.15) is 5.69 Å². The summed E-state index contributed by atoms with van der Waals surface area (Å²) in [5, 5.41) is 17.0. The van der Waals surface area contributed by atoms with Gasteiger partial charge in [-0.05, 0) is 24.5 Å². The Balaban J connectivity index is 2.29. The maximum absolute atomic E-state index is 9.43. The van der Waals surface area contributed by atoms with Crippen molar-refractivity contribution in [3.05, 3.63) is 35.5 Å². The first-order valence-corrected chi connectivity index (χ1v) is 4.58. The number of hydrogen-bond donors (Lipinski definition) is 1. The lowest BCUT2D eigenvalue weighted by atomic mass is 10.0. The number of rotatable bonds is 0. The Morgan fingerprint density at radius 3 is 3.00 bits per heavy atom. The van der Waals surface area contributed by atoms with Crippen molar-refractivity contribution in [1.82, 2.24) is 15.0 Å². The fourth-order valence-corrected chi connectivity index (χ4v) is 1.89. The molecule has 0 atom stereocenters. The van der Waals surface area contributed by atoms with Gasteiger partial charge in [0.15, 0.2) is 0 Å². The molecule has 1 aromatic carbocycles.